The van der Waals surface area contributed by atoms with Crippen molar-refractivity contribution < 1.29 is 80.5 Å². The Bertz CT molecular complexity index is 2140. The van der Waals surface area contributed by atoms with Crippen LogP contribution in [0.3, 0.4) is 0 Å². The zero-order valence-electron chi connectivity index (χ0n) is 37.5. The van der Waals surface area contributed by atoms with Gasteiger partial charge in [0.2, 0.25) is 16.9 Å². The van der Waals surface area contributed by atoms with Crippen molar-refractivity contribution in [2.24, 2.45) is 5.41 Å². The van der Waals surface area contributed by atoms with E-state index in [1.54, 1.807) is 0 Å². The fraction of sp³-hybridized carbons (Fsp3) is 0.641. The first-order valence-corrected chi connectivity index (χ1v) is 26.9. The van der Waals surface area contributed by atoms with Gasteiger partial charge in [0.15, 0.2) is 17.7 Å². The molecule has 6 N–H and O–H groups in total. The van der Waals surface area contributed by atoms with Gasteiger partial charge in [-0.3, -0.25) is 28.1 Å². The number of unbranched alkanes of at least 4 members (excludes halogenated alkanes) is 7. The molecule has 0 saturated carbocycles. The number of thioether (sulfide) groups is 1. The number of aromatic nitrogens is 4. The molecule has 2 unspecified atom stereocenters. The number of carbonyl (C=O) groups is 3. The highest BCUT2D eigenvalue weighted by Gasteiger charge is 2.47. The lowest BCUT2D eigenvalue weighted by atomic mass is 9.87. The van der Waals surface area contributed by atoms with Crippen molar-refractivity contribution >= 4 is 69.1 Å². The minimum absolute atomic E-state index is 0.0211. The molecule has 2 aromatic rings. The van der Waals surface area contributed by atoms with Crippen LogP contribution in [-0.2, 0) is 50.7 Å². The highest BCUT2D eigenvalue weighted by Crippen LogP contribution is 2.56. The summed E-state index contributed by atoms with van der Waals surface area (Å²) in [6, 6.07) is 0. The highest BCUT2D eigenvalue weighted by atomic mass is 32.2. The summed E-state index contributed by atoms with van der Waals surface area (Å²) in [5.74, 6) is -1.23. The molecule has 24 nitrogen and oxygen atoms in total. The van der Waals surface area contributed by atoms with Crippen LogP contribution in [-0.4, -0.2) is 103 Å². The number of nitrogen functional groups attached to an aromatic ring is 1. The number of phosphoric ester groups is 3. The van der Waals surface area contributed by atoms with Crippen molar-refractivity contribution in [2.75, 3.05) is 37.8 Å². The number of aliphatic hydroxyl groups is 2. The standard InChI is InChI=1S/C39H64N7O17P3S/c1-4-5-6-7-8-9-10-11-12-13-14-15-16-17-18-19-30(48)67-23-22-41-29(47)20-21-42-37(51)34(50)39(2,3)25-60-66(57,58)63-65(55,56)59-24-28-33(62-64(52,53)54)32(49)38(61-28)46-27-45-31-35(40)43-26-44-36(31)46/h8-9,11-12,18-19,26-28,32-34,38,49-50H,4-7,10,13-17,20-25H2,1-3H3,(H,41,47)(H,42,51)(H,55,56)(H,57,58)(H2,40,43,44)(H2,52,53,54)/p-4/b9-8-,12-11-,19-18+/t28-,32-,33-,34+,38-/m1/s1. The smallest absolute Gasteiger partial charge is 0.274 e. The van der Waals surface area contributed by atoms with Gasteiger partial charge in [0.05, 0.1) is 27.4 Å². The average molecular weight is 1020 g/mol. The van der Waals surface area contributed by atoms with Crippen LogP contribution < -0.4 is 35.9 Å². The molecule has 28 heteroatoms. The molecule has 0 radical (unpaired) electrons. The molecule has 0 aliphatic carbocycles. The number of nitrogens with one attached hydrogen (secondary N) is 2. The molecule has 3 rings (SSSR count). The van der Waals surface area contributed by atoms with Crippen LogP contribution in [0.25, 0.3) is 11.2 Å². The number of nitrogens with two attached hydrogens (primary N) is 1. The highest BCUT2D eigenvalue weighted by molar-refractivity contribution is 8.14. The summed E-state index contributed by atoms with van der Waals surface area (Å²) in [6.45, 7) is 2.29. The van der Waals surface area contributed by atoms with Gasteiger partial charge in [0.25, 0.3) is 15.6 Å². The Morgan fingerprint density at radius 1 is 0.940 bits per heavy atom. The number of hydrogen-bond acceptors (Lipinski definition) is 22. The van der Waals surface area contributed by atoms with E-state index in [1.807, 2.05) is 6.08 Å². The van der Waals surface area contributed by atoms with Crippen LogP contribution in [0.5, 0.6) is 0 Å². The summed E-state index contributed by atoms with van der Waals surface area (Å²) < 4.78 is 60.8. The number of hydrogen-bond donors (Lipinski definition) is 5. The van der Waals surface area contributed by atoms with Gasteiger partial charge in [-0.1, -0.05) is 82.2 Å². The average Bonchev–Trinajstić information content (AvgIpc) is 3.81. The maximum absolute atomic E-state index is 12.6. The van der Waals surface area contributed by atoms with Gasteiger partial charge in [-0.05, 0) is 51.0 Å². The summed E-state index contributed by atoms with van der Waals surface area (Å²) in [6.07, 6.45) is 15.4. The number of nitrogens with zero attached hydrogens (tertiary/aromatic N) is 4. The predicted octanol–water partition coefficient (Wildman–Crippen LogP) is 1.73. The number of carbonyl (C=O) groups excluding carboxylic acids is 3. The molecule has 2 amide bonds. The van der Waals surface area contributed by atoms with E-state index in [-0.39, 0.29) is 41.6 Å². The Morgan fingerprint density at radius 3 is 2.27 bits per heavy atom. The third kappa shape index (κ3) is 21.5. The molecule has 1 aliphatic rings. The van der Waals surface area contributed by atoms with Crippen LogP contribution in [0, 0.1) is 5.41 Å². The normalized spacial score (nSPS) is 20.4. The van der Waals surface area contributed by atoms with Gasteiger partial charge in [0, 0.05) is 30.7 Å². The summed E-state index contributed by atoms with van der Waals surface area (Å²) >= 11 is 1.04. The second kappa shape index (κ2) is 28.4. The maximum Gasteiger partial charge on any atom is 0.274 e. The minimum atomic E-state index is -5.92. The number of phosphoric acid groups is 3. The van der Waals surface area contributed by atoms with Crippen LogP contribution in [0.1, 0.15) is 97.6 Å². The molecule has 1 saturated heterocycles. The number of allylic oxidation sites excluding steroid dienone is 5. The first-order chi connectivity index (χ1) is 31.6. The zero-order valence-corrected chi connectivity index (χ0v) is 41.0. The van der Waals surface area contributed by atoms with Crippen molar-refractivity contribution in [3.63, 3.8) is 0 Å². The Kier molecular flexibility index (Phi) is 24.7. The SMILES string of the molecule is CCCCC/C=C\C/C=C\CCCCC/C=C/C(=O)SCCNC(=O)CCNC(=O)[C@H](O)C(C)(C)COP(=O)([O-])OP(=O)([O-])OC[C@H]1O[C@@H](n2cnc3c(N)ncnc32)[C@H](O)[C@@H]1OP(=O)([O-])[O-]. The van der Waals surface area contributed by atoms with Crippen LogP contribution in [0.15, 0.2) is 49.1 Å². The van der Waals surface area contributed by atoms with E-state index in [9.17, 15) is 57.9 Å². The molecular formula is C39H60N7O17P3S-4. The second-order valence-corrected chi connectivity index (χ2v) is 21.0. The van der Waals surface area contributed by atoms with Crippen molar-refractivity contribution in [1.29, 1.82) is 0 Å². The minimum Gasteiger partial charge on any atom is -0.790 e. The first-order valence-electron chi connectivity index (χ1n) is 21.5. The third-order valence-electron chi connectivity index (χ3n) is 9.80. The van der Waals surface area contributed by atoms with E-state index in [0.717, 1.165) is 73.9 Å². The largest absolute Gasteiger partial charge is 0.790 e. The van der Waals surface area contributed by atoms with Crippen LogP contribution in [0.4, 0.5) is 5.82 Å². The monoisotopic (exact) mass is 1020 g/mol. The Labute approximate surface area is 393 Å². The van der Waals surface area contributed by atoms with Gasteiger partial charge >= 0.3 is 0 Å². The van der Waals surface area contributed by atoms with Gasteiger partial charge in [-0.15, -0.1) is 0 Å². The molecule has 1 aliphatic heterocycles. The Hall–Kier alpha value is -3.22. The van der Waals surface area contributed by atoms with E-state index in [1.165, 1.54) is 39.2 Å². The lowest BCUT2D eigenvalue weighted by Crippen LogP contribution is -2.46. The number of ether oxygens (including phenoxy) is 1. The Balaban J connectivity index is 1.32. The topological polar surface area (TPSA) is 375 Å². The van der Waals surface area contributed by atoms with Gasteiger partial charge in [-0.2, -0.15) is 0 Å². The van der Waals surface area contributed by atoms with E-state index in [4.69, 9.17) is 10.5 Å². The van der Waals surface area contributed by atoms with Gasteiger partial charge in [0.1, 0.15) is 36.3 Å². The number of aliphatic hydroxyl groups excluding tert-OH is 2. The number of rotatable bonds is 32. The molecule has 0 spiro atoms. The number of anilines is 1. The van der Waals surface area contributed by atoms with E-state index in [2.05, 4.69) is 74.7 Å². The molecule has 1 fully saturated rings. The molecule has 0 bridgehead atoms. The molecule has 67 heavy (non-hydrogen) atoms. The van der Waals surface area contributed by atoms with Gasteiger partial charge in [-0.25, -0.2) is 19.3 Å². The van der Waals surface area contributed by atoms with E-state index >= 15 is 0 Å². The molecule has 3 heterocycles. The first kappa shape index (κ1) is 58.1. The fourth-order valence-electron chi connectivity index (χ4n) is 6.21. The second-order valence-electron chi connectivity index (χ2n) is 15.9. The molecule has 7 atom stereocenters. The van der Waals surface area contributed by atoms with Crippen molar-refractivity contribution in [3.8, 4) is 0 Å². The Morgan fingerprint density at radius 2 is 1.60 bits per heavy atom. The van der Waals surface area contributed by atoms with E-state index in [0.29, 0.717) is 5.75 Å². The number of fused-ring (bicyclic) bond motifs is 1. The number of imidazole rings is 1. The molecule has 2 aromatic heterocycles. The van der Waals surface area contributed by atoms with Crippen molar-refractivity contribution in [2.45, 2.75) is 122 Å². The van der Waals surface area contributed by atoms with Crippen LogP contribution in [0.2, 0.25) is 0 Å². The van der Waals surface area contributed by atoms with Gasteiger partial charge < -0.3 is 69.0 Å². The lowest BCUT2D eigenvalue weighted by molar-refractivity contribution is -0.347. The van der Waals surface area contributed by atoms with Crippen LogP contribution >= 0.6 is 35.2 Å². The summed E-state index contributed by atoms with van der Waals surface area (Å²) in [5.41, 5.74) is 4.08. The summed E-state index contributed by atoms with van der Waals surface area (Å²) in [4.78, 5) is 96.7. The fourth-order valence-corrected chi connectivity index (χ4v) is 9.54. The maximum atomic E-state index is 12.6. The lowest BCUT2D eigenvalue weighted by Gasteiger charge is -2.36. The van der Waals surface area contributed by atoms with Crippen molar-refractivity contribution in [3.05, 3.63) is 49.1 Å². The van der Waals surface area contributed by atoms with E-state index < -0.39 is 84.6 Å². The zero-order chi connectivity index (χ0) is 49.7. The quantitative estimate of drug-likeness (QED) is 0.0301. The number of amides is 2. The summed E-state index contributed by atoms with van der Waals surface area (Å²) in [5, 5.41) is 26.2. The van der Waals surface area contributed by atoms with Crippen molar-refractivity contribution in [1.82, 2.24) is 30.2 Å². The molecule has 378 valence electrons. The third-order valence-corrected chi connectivity index (χ3v) is 13.6. The summed E-state index contributed by atoms with van der Waals surface area (Å²) in [7, 11) is -17.6. The molecular weight excluding hydrogens is 963 g/mol. The predicted molar refractivity (Wildman–Crippen MR) is 237 cm³/mol. The molecule has 0 aromatic carbocycles.